The number of fused-ring (bicyclic) bond motifs is 2. The average Bonchev–Trinajstić information content (AvgIpc) is 1.77. The van der Waals surface area contributed by atoms with Gasteiger partial charge in [0.25, 0.3) is 0 Å². The molecule has 3 aliphatic carbocycles. The van der Waals surface area contributed by atoms with Crippen molar-refractivity contribution in [3.05, 3.63) is 0 Å². The van der Waals surface area contributed by atoms with Crippen molar-refractivity contribution in [2.45, 2.75) is 262 Å². The smallest absolute Gasteiger partial charge is 0.248 e. The molecule has 0 unspecified atom stereocenters. The highest BCUT2D eigenvalue weighted by Crippen LogP contribution is 2.36. The molecule has 7 rings (SSSR count). The van der Waals surface area contributed by atoms with E-state index >= 15 is 14.4 Å². The summed E-state index contributed by atoms with van der Waals surface area (Å²) in [6.45, 7) is 13.3. The number of carbonyl (C=O) groups is 12. The maximum absolute atomic E-state index is 15.4. The van der Waals surface area contributed by atoms with Crippen LogP contribution in [0.3, 0.4) is 0 Å². The van der Waals surface area contributed by atoms with E-state index in [1.807, 2.05) is 6.92 Å². The highest BCUT2D eigenvalue weighted by atomic mass is 16.2. The molecule has 0 bridgehead atoms. The molecule has 7 aliphatic rings. The van der Waals surface area contributed by atoms with E-state index in [1.54, 1.807) is 39.6 Å². The van der Waals surface area contributed by atoms with Gasteiger partial charge < -0.3 is 60.0 Å². The van der Waals surface area contributed by atoms with Gasteiger partial charge in [-0.3, -0.25) is 57.5 Å². The van der Waals surface area contributed by atoms with Crippen LogP contribution in [0.4, 0.5) is 0 Å². The molecular weight excluding hydrogens is 1190 g/mol. The number of likely N-dealkylation sites (N-methyl/N-ethyl adjacent to an activating group) is 6. The fourth-order valence-electron chi connectivity index (χ4n) is 15.6. The third-order valence-corrected chi connectivity index (χ3v) is 22.6. The molecule has 0 aromatic carbocycles. The number of nitrogens with zero attached hydrogens (tertiary/aromatic N) is 9. The van der Waals surface area contributed by atoms with Crippen LogP contribution in [-0.2, 0) is 57.5 Å². The van der Waals surface area contributed by atoms with Crippen LogP contribution in [0.5, 0.6) is 0 Å². The van der Waals surface area contributed by atoms with E-state index < -0.39 is 156 Å². The van der Waals surface area contributed by atoms with Crippen LogP contribution >= 0.6 is 0 Å². The molecule has 522 valence electrons. The van der Waals surface area contributed by atoms with Gasteiger partial charge in [-0.15, -0.1) is 0 Å². The van der Waals surface area contributed by atoms with Gasteiger partial charge in [-0.1, -0.05) is 112 Å². The van der Waals surface area contributed by atoms with Gasteiger partial charge in [-0.25, -0.2) is 0 Å². The van der Waals surface area contributed by atoms with Crippen molar-refractivity contribution in [3.8, 4) is 0 Å². The number of hydrogen-bond acceptors (Lipinski definition) is 12. The highest BCUT2D eigenvalue weighted by Gasteiger charge is 2.51. The molecule has 0 radical (unpaired) electrons. The van der Waals surface area contributed by atoms with Gasteiger partial charge in [-0.05, 0) is 114 Å². The first-order valence-electron chi connectivity index (χ1n) is 35.4. The Morgan fingerprint density at radius 3 is 1.76 bits per heavy atom. The lowest BCUT2D eigenvalue weighted by molar-refractivity contribution is -0.160. The summed E-state index contributed by atoms with van der Waals surface area (Å²) in [5.74, 6) is -6.41. The molecule has 3 N–H and O–H groups in total. The summed E-state index contributed by atoms with van der Waals surface area (Å²) >= 11 is 0. The van der Waals surface area contributed by atoms with E-state index in [-0.39, 0.29) is 31.8 Å². The van der Waals surface area contributed by atoms with Gasteiger partial charge in [0.15, 0.2) is 0 Å². The van der Waals surface area contributed by atoms with Crippen molar-refractivity contribution in [1.29, 1.82) is 0 Å². The first-order chi connectivity index (χ1) is 44.0. The Hall–Kier alpha value is -6.36. The van der Waals surface area contributed by atoms with E-state index in [0.29, 0.717) is 82.7 Å². The Morgan fingerprint density at radius 2 is 1.16 bits per heavy atom. The maximum Gasteiger partial charge on any atom is 0.248 e. The van der Waals surface area contributed by atoms with E-state index in [0.717, 1.165) is 77.0 Å². The van der Waals surface area contributed by atoms with Gasteiger partial charge in [0.2, 0.25) is 70.9 Å². The Labute approximate surface area is 553 Å². The Balaban J connectivity index is 1.24. The molecule has 3 saturated carbocycles. The van der Waals surface area contributed by atoms with Gasteiger partial charge in [0.1, 0.15) is 59.9 Å². The fourth-order valence-corrected chi connectivity index (χ4v) is 15.6. The van der Waals surface area contributed by atoms with E-state index in [1.165, 1.54) is 81.4 Å². The van der Waals surface area contributed by atoms with Crippen LogP contribution in [0.1, 0.15) is 203 Å². The van der Waals surface area contributed by atoms with E-state index in [2.05, 4.69) is 22.9 Å². The summed E-state index contributed by atoms with van der Waals surface area (Å²) in [7, 11) is 8.91. The SMILES string of the molecule is CC[C@H](C)[C@@H]1NC(=O)[C@H](C)N(C)C(=O)C[C@@H](C(=O)N2CCCCC2)N(C)C(=O)[C@H](C(C)C)N(C)C(=O)C2(CCCC2)NC(=O)[C@@H]2CCCN2C(=O)[C@H](CCC2CCC(C)CC2)NC(=O)CN(C)C(=O)[C@H](CC2CCCCC2)N(C)C(=O)[C@@H]2CCN2C(=O)[C@H](C)N(C)C1=O. The largest absolute Gasteiger partial charge is 0.343 e. The van der Waals surface area contributed by atoms with Crippen LogP contribution in [-0.4, -0.2) is 250 Å². The molecular formula is C69H114N12O12. The van der Waals surface area contributed by atoms with Crippen molar-refractivity contribution in [2.24, 2.45) is 29.6 Å². The Kier molecular flexibility index (Phi) is 26.2. The minimum atomic E-state index is -1.46. The van der Waals surface area contributed by atoms with Crippen molar-refractivity contribution >= 4 is 70.9 Å². The van der Waals surface area contributed by atoms with Crippen molar-refractivity contribution in [1.82, 2.24) is 60.0 Å². The monoisotopic (exact) mass is 1300 g/mol. The zero-order valence-corrected chi connectivity index (χ0v) is 58.5. The molecule has 10 atom stereocenters. The number of nitrogens with one attached hydrogen (secondary N) is 3. The number of rotatable bonds is 9. The Morgan fingerprint density at radius 1 is 0.538 bits per heavy atom. The summed E-state index contributed by atoms with van der Waals surface area (Å²) in [4.78, 5) is 190. The normalized spacial score (nSPS) is 31.4. The molecule has 93 heavy (non-hydrogen) atoms. The molecule has 0 aromatic heterocycles. The fraction of sp³-hybridized carbons (Fsp3) is 0.826. The topological polar surface area (TPSA) is 270 Å². The van der Waals surface area contributed by atoms with Crippen molar-refractivity contribution in [2.75, 3.05) is 75.0 Å². The molecule has 24 heteroatoms. The summed E-state index contributed by atoms with van der Waals surface area (Å²) in [6.07, 6.45) is 15.2. The molecule has 4 saturated heterocycles. The first kappa shape index (κ1) is 74.0. The second-order valence-corrected chi connectivity index (χ2v) is 29.4. The molecule has 7 fully saturated rings. The summed E-state index contributed by atoms with van der Waals surface area (Å²) in [6, 6.07) is -9.95. The van der Waals surface area contributed by atoms with Gasteiger partial charge in [-0.2, -0.15) is 0 Å². The number of piperidine rings is 1. The number of carbonyl (C=O) groups excluding carboxylic acids is 12. The third-order valence-electron chi connectivity index (χ3n) is 22.6. The van der Waals surface area contributed by atoms with Crippen LogP contribution in [0.2, 0.25) is 0 Å². The number of likely N-dealkylation sites (tertiary alicyclic amines) is 1. The second kappa shape index (κ2) is 32.9. The number of amides is 12. The Bertz CT molecular complexity index is 2700. The molecule has 12 amide bonds. The van der Waals surface area contributed by atoms with Crippen LogP contribution in [0, 0.1) is 29.6 Å². The van der Waals surface area contributed by atoms with Gasteiger partial charge in [0.05, 0.1) is 13.0 Å². The minimum absolute atomic E-state index is 0.117. The average molecular weight is 1300 g/mol. The van der Waals surface area contributed by atoms with E-state index in [4.69, 9.17) is 0 Å². The lowest BCUT2D eigenvalue weighted by Crippen LogP contribution is -2.65. The zero-order valence-electron chi connectivity index (χ0n) is 58.5. The predicted octanol–water partition coefficient (Wildman–Crippen LogP) is 4.31. The quantitative estimate of drug-likeness (QED) is 0.292. The molecule has 4 heterocycles. The van der Waals surface area contributed by atoms with Gasteiger partial charge >= 0.3 is 0 Å². The zero-order chi connectivity index (χ0) is 68.3. The standard InChI is InChI=1S/C69H114N12O12/c1-14-45(5)57-66(91)75(10)47(7)61(86)81-39-33-52(81)64(89)76(11)53(40-49-24-17-15-18-25-49)63(88)73(8)42-55(82)70-50(32-31-48-29-27-44(4)28-30-48)62(87)80-38-23-26-51(80)60(85)72-69(34-19-20-35-69)68(93)78(13)58(43(2)3)67(92)77(12)54(65(90)79-36-21-16-22-37-79)41-56(83)74(9)46(6)59(84)71-57/h43-54,57-58H,14-42H2,1-13H3,(H,70,82)(H,71,84)(H,72,85)/t44?,45-,46-,47-,48?,50-,51-,52-,53-,54-,57-,58-/m0/s1. The van der Waals surface area contributed by atoms with Crippen LogP contribution < -0.4 is 16.0 Å². The first-order valence-corrected chi connectivity index (χ1v) is 35.4. The second-order valence-electron chi connectivity index (χ2n) is 29.4. The maximum atomic E-state index is 15.4. The predicted molar refractivity (Wildman–Crippen MR) is 351 cm³/mol. The summed E-state index contributed by atoms with van der Waals surface area (Å²) in [5.41, 5.74) is -1.46. The van der Waals surface area contributed by atoms with Crippen LogP contribution in [0.15, 0.2) is 0 Å². The van der Waals surface area contributed by atoms with Crippen molar-refractivity contribution in [3.63, 3.8) is 0 Å². The summed E-state index contributed by atoms with van der Waals surface area (Å²) in [5, 5.41) is 9.00. The number of hydrogen-bond donors (Lipinski definition) is 3. The van der Waals surface area contributed by atoms with E-state index in [9.17, 15) is 43.2 Å². The van der Waals surface area contributed by atoms with Crippen molar-refractivity contribution < 1.29 is 57.5 Å². The van der Waals surface area contributed by atoms with Crippen LogP contribution in [0.25, 0.3) is 0 Å². The molecule has 24 nitrogen and oxygen atoms in total. The summed E-state index contributed by atoms with van der Waals surface area (Å²) < 4.78 is 0. The lowest BCUT2D eigenvalue weighted by Gasteiger charge is -2.45. The highest BCUT2D eigenvalue weighted by molar-refractivity contribution is 6.01. The van der Waals surface area contributed by atoms with Gasteiger partial charge in [0, 0.05) is 68.5 Å². The third kappa shape index (κ3) is 17.4. The molecule has 1 spiro atoms. The lowest BCUT2D eigenvalue weighted by atomic mass is 9.80. The minimum Gasteiger partial charge on any atom is -0.343 e. The molecule has 0 aromatic rings. The molecule has 4 aliphatic heterocycles.